The number of fused-ring (bicyclic) bond motifs is 1. The van der Waals surface area contributed by atoms with Gasteiger partial charge >= 0.3 is 0 Å². The van der Waals surface area contributed by atoms with Crippen LogP contribution in [0.1, 0.15) is 19.8 Å². The van der Waals surface area contributed by atoms with Gasteiger partial charge in [-0.15, -0.1) is 0 Å². The second-order valence-electron chi connectivity index (χ2n) is 4.63. The van der Waals surface area contributed by atoms with Gasteiger partial charge in [-0.1, -0.05) is 0 Å². The Morgan fingerprint density at radius 1 is 1.41 bits per heavy atom. The molecule has 6 nitrogen and oxygen atoms in total. The Bertz CT molecular complexity index is 521. The average Bonchev–Trinajstić information content (AvgIpc) is 2.77. The van der Waals surface area contributed by atoms with E-state index >= 15 is 0 Å². The van der Waals surface area contributed by atoms with E-state index < -0.39 is 0 Å². The summed E-state index contributed by atoms with van der Waals surface area (Å²) >= 11 is 0. The summed E-state index contributed by atoms with van der Waals surface area (Å²) in [6, 6.07) is 0.709. The van der Waals surface area contributed by atoms with Gasteiger partial charge in [-0.3, -0.25) is 0 Å². The molecule has 3 heterocycles. The van der Waals surface area contributed by atoms with E-state index in [4.69, 9.17) is 5.73 Å². The Balaban J connectivity index is 2.00. The molecular weight excluding hydrogens is 216 g/mol. The van der Waals surface area contributed by atoms with Gasteiger partial charge in [-0.2, -0.15) is 0 Å². The highest BCUT2D eigenvalue weighted by Crippen LogP contribution is 2.26. The molecule has 0 aromatic carbocycles. The molecule has 0 aliphatic carbocycles. The first-order valence-electron chi connectivity index (χ1n) is 5.92. The molecule has 0 spiro atoms. The van der Waals surface area contributed by atoms with E-state index in [1.807, 2.05) is 0 Å². The molecule has 0 saturated carbocycles. The molecule has 90 valence electrons. The minimum absolute atomic E-state index is 0.306. The largest absolute Gasteiger partial charge is 0.352 e. The molecule has 2 atom stereocenters. The van der Waals surface area contributed by atoms with Crippen LogP contribution in [0.5, 0.6) is 0 Å². The fourth-order valence-electron chi connectivity index (χ4n) is 2.49. The fourth-order valence-corrected chi connectivity index (χ4v) is 2.49. The Hall–Kier alpha value is -1.69. The normalized spacial score (nSPS) is 25.4. The summed E-state index contributed by atoms with van der Waals surface area (Å²) in [7, 11) is 0. The van der Waals surface area contributed by atoms with E-state index in [1.54, 1.807) is 12.7 Å². The van der Waals surface area contributed by atoms with E-state index in [9.17, 15) is 0 Å². The lowest BCUT2D eigenvalue weighted by molar-refractivity contribution is 0.428. The minimum Gasteiger partial charge on any atom is -0.352 e. The number of aromatic amines is 1. The van der Waals surface area contributed by atoms with E-state index in [1.165, 1.54) is 0 Å². The standard InChI is InChI=1S/C11H16N6/c1-7-4-8(12)2-3-17(7)11-9-10(14-5-13-9)15-6-16-11/h5-8H,2-4,12H2,1H3,(H,13,14,15,16). The Morgan fingerprint density at radius 3 is 3.12 bits per heavy atom. The Kier molecular flexibility index (Phi) is 2.44. The number of hydrogen-bond acceptors (Lipinski definition) is 5. The predicted octanol–water partition coefficient (Wildman–Crippen LogP) is 0.669. The zero-order valence-electron chi connectivity index (χ0n) is 9.80. The van der Waals surface area contributed by atoms with Crippen molar-refractivity contribution in [2.75, 3.05) is 11.4 Å². The highest BCUT2D eigenvalue weighted by Gasteiger charge is 2.25. The van der Waals surface area contributed by atoms with Crippen molar-refractivity contribution in [1.82, 2.24) is 19.9 Å². The number of nitrogens with two attached hydrogens (primary N) is 1. The maximum Gasteiger partial charge on any atom is 0.182 e. The molecule has 2 aromatic heterocycles. The third kappa shape index (κ3) is 1.74. The van der Waals surface area contributed by atoms with Crippen LogP contribution in [0.4, 0.5) is 5.82 Å². The number of piperidine rings is 1. The topological polar surface area (TPSA) is 83.7 Å². The fraction of sp³-hybridized carbons (Fsp3) is 0.545. The zero-order chi connectivity index (χ0) is 11.8. The first-order valence-corrected chi connectivity index (χ1v) is 5.92. The van der Waals surface area contributed by atoms with Crippen molar-refractivity contribution in [3.8, 4) is 0 Å². The molecule has 0 bridgehead atoms. The second-order valence-corrected chi connectivity index (χ2v) is 4.63. The van der Waals surface area contributed by atoms with Gasteiger partial charge in [0.25, 0.3) is 0 Å². The van der Waals surface area contributed by atoms with Crippen molar-refractivity contribution >= 4 is 17.0 Å². The number of hydrogen-bond donors (Lipinski definition) is 2. The molecule has 1 fully saturated rings. The van der Waals surface area contributed by atoms with Crippen molar-refractivity contribution in [3.05, 3.63) is 12.7 Å². The highest BCUT2D eigenvalue weighted by atomic mass is 15.2. The highest BCUT2D eigenvalue weighted by molar-refractivity contribution is 5.82. The minimum atomic E-state index is 0.306. The third-order valence-corrected chi connectivity index (χ3v) is 3.39. The molecule has 1 aliphatic heterocycles. The zero-order valence-corrected chi connectivity index (χ0v) is 9.80. The summed E-state index contributed by atoms with van der Waals surface area (Å²) in [5.74, 6) is 0.937. The third-order valence-electron chi connectivity index (χ3n) is 3.39. The molecule has 17 heavy (non-hydrogen) atoms. The van der Waals surface area contributed by atoms with E-state index in [2.05, 4.69) is 31.8 Å². The van der Waals surface area contributed by atoms with Gasteiger partial charge in [0.05, 0.1) is 6.33 Å². The van der Waals surface area contributed by atoms with E-state index in [0.717, 1.165) is 36.4 Å². The maximum atomic E-state index is 5.98. The van der Waals surface area contributed by atoms with Crippen LogP contribution in [0.3, 0.4) is 0 Å². The number of anilines is 1. The summed E-state index contributed by atoms with van der Waals surface area (Å²) in [5.41, 5.74) is 7.61. The summed E-state index contributed by atoms with van der Waals surface area (Å²) < 4.78 is 0. The van der Waals surface area contributed by atoms with Gasteiger partial charge in [0.15, 0.2) is 11.5 Å². The maximum absolute atomic E-state index is 5.98. The Morgan fingerprint density at radius 2 is 2.29 bits per heavy atom. The van der Waals surface area contributed by atoms with Crippen LogP contribution in [0.25, 0.3) is 11.2 Å². The van der Waals surface area contributed by atoms with Gasteiger partial charge in [0.1, 0.15) is 11.8 Å². The van der Waals surface area contributed by atoms with Crippen molar-refractivity contribution in [1.29, 1.82) is 0 Å². The van der Waals surface area contributed by atoms with Gasteiger partial charge in [0, 0.05) is 18.6 Å². The molecule has 0 radical (unpaired) electrons. The monoisotopic (exact) mass is 232 g/mol. The number of H-pyrrole nitrogens is 1. The van der Waals surface area contributed by atoms with Crippen molar-refractivity contribution in [2.45, 2.75) is 31.8 Å². The summed E-state index contributed by atoms with van der Waals surface area (Å²) in [6.45, 7) is 3.12. The molecule has 2 aromatic rings. The van der Waals surface area contributed by atoms with Crippen LogP contribution in [0.15, 0.2) is 12.7 Å². The van der Waals surface area contributed by atoms with Crippen LogP contribution in [-0.2, 0) is 0 Å². The van der Waals surface area contributed by atoms with Crippen LogP contribution >= 0.6 is 0 Å². The average molecular weight is 232 g/mol. The molecule has 1 aliphatic rings. The summed E-state index contributed by atoms with van der Waals surface area (Å²) in [6.07, 6.45) is 5.23. The molecule has 3 N–H and O–H groups in total. The number of imidazole rings is 1. The number of nitrogens with zero attached hydrogens (tertiary/aromatic N) is 4. The number of nitrogens with one attached hydrogen (secondary N) is 1. The lowest BCUT2D eigenvalue weighted by Crippen LogP contribution is -2.46. The smallest absolute Gasteiger partial charge is 0.182 e. The molecular formula is C11H16N6. The van der Waals surface area contributed by atoms with Crippen LogP contribution in [0, 0.1) is 0 Å². The molecule has 3 rings (SSSR count). The quantitative estimate of drug-likeness (QED) is 0.755. The van der Waals surface area contributed by atoms with Crippen LogP contribution < -0.4 is 10.6 Å². The van der Waals surface area contributed by atoms with Gasteiger partial charge in [-0.25, -0.2) is 15.0 Å². The molecule has 2 unspecified atom stereocenters. The van der Waals surface area contributed by atoms with Crippen molar-refractivity contribution in [2.24, 2.45) is 5.73 Å². The van der Waals surface area contributed by atoms with Gasteiger partial charge in [-0.05, 0) is 19.8 Å². The summed E-state index contributed by atoms with van der Waals surface area (Å²) in [5, 5.41) is 0. The van der Waals surface area contributed by atoms with Crippen LogP contribution in [-0.4, -0.2) is 38.6 Å². The first-order chi connectivity index (χ1) is 8.25. The SMILES string of the molecule is CC1CC(N)CCN1c1ncnc2nc[nH]c12. The van der Waals surface area contributed by atoms with Crippen LogP contribution in [0.2, 0.25) is 0 Å². The molecule has 0 amide bonds. The predicted molar refractivity (Wildman–Crippen MR) is 65.7 cm³/mol. The lowest BCUT2D eigenvalue weighted by Gasteiger charge is -2.37. The number of aromatic nitrogens is 4. The molecule has 6 heteroatoms. The van der Waals surface area contributed by atoms with Gasteiger partial charge < -0.3 is 15.6 Å². The second kappa shape index (κ2) is 3.96. The molecule has 1 saturated heterocycles. The first kappa shape index (κ1) is 10.5. The Labute approximate surface area is 99.3 Å². The van der Waals surface area contributed by atoms with E-state index in [0.29, 0.717) is 12.1 Å². The van der Waals surface area contributed by atoms with Crippen molar-refractivity contribution < 1.29 is 0 Å². The van der Waals surface area contributed by atoms with E-state index in [-0.39, 0.29) is 0 Å². The van der Waals surface area contributed by atoms with Crippen molar-refractivity contribution in [3.63, 3.8) is 0 Å². The lowest BCUT2D eigenvalue weighted by atomic mass is 9.99. The van der Waals surface area contributed by atoms with Gasteiger partial charge in [0.2, 0.25) is 0 Å². The summed E-state index contributed by atoms with van der Waals surface area (Å²) in [4.78, 5) is 18.1. The number of rotatable bonds is 1.